The molecule has 1 heterocycles. The normalized spacial score (nSPS) is 18.7. The molecule has 2 rings (SSSR count). The van der Waals surface area contributed by atoms with Gasteiger partial charge in [-0.05, 0) is 38.3 Å². The van der Waals surface area contributed by atoms with Crippen LogP contribution in [-0.2, 0) is 14.8 Å². The van der Waals surface area contributed by atoms with Crippen LogP contribution >= 0.6 is 0 Å². The molecule has 0 radical (unpaired) electrons. The molecule has 0 aliphatic carbocycles. The zero-order valence-electron chi connectivity index (χ0n) is 13.6. The molecule has 1 aliphatic heterocycles. The molecular weight excluding hydrogens is 316 g/mol. The van der Waals surface area contributed by atoms with E-state index in [1.165, 1.54) is 0 Å². The van der Waals surface area contributed by atoms with E-state index < -0.39 is 10.0 Å². The first-order chi connectivity index (χ1) is 10.8. The summed E-state index contributed by atoms with van der Waals surface area (Å²) in [6.45, 7) is 2.86. The number of piperidine rings is 1. The molecule has 1 aromatic rings. The van der Waals surface area contributed by atoms with Crippen LogP contribution in [0, 0.1) is 6.92 Å². The molecule has 1 aliphatic rings. The summed E-state index contributed by atoms with van der Waals surface area (Å²) < 4.78 is 30.5. The van der Waals surface area contributed by atoms with Crippen molar-refractivity contribution in [2.75, 3.05) is 26.0 Å². The second-order valence-corrected chi connectivity index (χ2v) is 7.79. The Balaban J connectivity index is 1.90. The van der Waals surface area contributed by atoms with Crippen molar-refractivity contribution in [1.82, 2.24) is 9.62 Å². The van der Waals surface area contributed by atoms with Gasteiger partial charge in [0, 0.05) is 19.1 Å². The Morgan fingerprint density at radius 1 is 1.30 bits per heavy atom. The first-order valence-corrected chi connectivity index (χ1v) is 9.68. The van der Waals surface area contributed by atoms with E-state index in [9.17, 15) is 13.2 Å². The zero-order valence-corrected chi connectivity index (χ0v) is 14.4. The second-order valence-electron chi connectivity index (χ2n) is 5.96. The predicted octanol–water partition coefficient (Wildman–Crippen LogP) is 1.30. The molecule has 6 nitrogen and oxygen atoms in total. The first kappa shape index (κ1) is 17.7. The third kappa shape index (κ3) is 5.84. The summed E-state index contributed by atoms with van der Waals surface area (Å²) >= 11 is 0. The van der Waals surface area contributed by atoms with E-state index in [-0.39, 0.29) is 25.1 Å². The molecule has 7 heteroatoms. The van der Waals surface area contributed by atoms with Gasteiger partial charge in [-0.15, -0.1) is 0 Å². The number of nitrogens with one attached hydrogen (secondary N) is 1. The molecule has 1 amide bonds. The van der Waals surface area contributed by atoms with Crippen LogP contribution in [0.25, 0.3) is 0 Å². The standard InChI is InChI=1S/C16H24N2O4S/c1-13-6-8-15(9-7-13)22-12-16(19)18-10-4-3-5-14(18)11-17-23(2,20)21/h6-9,14,17H,3-5,10-12H2,1-2H3/t14-/m1/s1. The first-order valence-electron chi connectivity index (χ1n) is 7.79. The lowest BCUT2D eigenvalue weighted by molar-refractivity contribution is -0.136. The Morgan fingerprint density at radius 3 is 2.65 bits per heavy atom. The monoisotopic (exact) mass is 340 g/mol. The van der Waals surface area contributed by atoms with Crippen LogP contribution in [0.3, 0.4) is 0 Å². The van der Waals surface area contributed by atoms with Crippen molar-refractivity contribution in [2.24, 2.45) is 0 Å². The number of rotatable bonds is 6. The number of benzene rings is 1. The number of sulfonamides is 1. The van der Waals surface area contributed by atoms with Crippen molar-refractivity contribution in [3.63, 3.8) is 0 Å². The summed E-state index contributed by atoms with van der Waals surface area (Å²) in [5, 5.41) is 0. The number of carbonyl (C=O) groups is 1. The Labute approximate surface area is 137 Å². The highest BCUT2D eigenvalue weighted by atomic mass is 32.2. The molecule has 1 fully saturated rings. The molecule has 0 unspecified atom stereocenters. The number of likely N-dealkylation sites (tertiary alicyclic amines) is 1. The van der Waals surface area contributed by atoms with Gasteiger partial charge in [0.2, 0.25) is 10.0 Å². The van der Waals surface area contributed by atoms with Crippen molar-refractivity contribution >= 4 is 15.9 Å². The third-order valence-corrected chi connectivity index (χ3v) is 4.60. The Hall–Kier alpha value is -1.60. The fraction of sp³-hybridized carbons (Fsp3) is 0.562. The number of aryl methyl sites for hydroxylation is 1. The second kappa shape index (κ2) is 7.79. The zero-order chi connectivity index (χ0) is 16.9. The summed E-state index contributed by atoms with van der Waals surface area (Å²) in [4.78, 5) is 14.1. The maximum atomic E-state index is 12.4. The number of nitrogens with zero attached hydrogens (tertiary/aromatic N) is 1. The van der Waals surface area contributed by atoms with Gasteiger partial charge in [-0.2, -0.15) is 0 Å². The summed E-state index contributed by atoms with van der Waals surface area (Å²) in [6.07, 6.45) is 3.87. The molecule has 0 spiro atoms. The van der Waals surface area contributed by atoms with Crippen molar-refractivity contribution in [3.8, 4) is 5.75 Å². The van der Waals surface area contributed by atoms with Gasteiger partial charge in [-0.1, -0.05) is 17.7 Å². The number of amides is 1. The average Bonchev–Trinajstić information content (AvgIpc) is 2.52. The van der Waals surface area contributed by atoms with Crippen molar-refractivity contribution in [3.05, 3.63) is 29.8 Å². The van der Waals surface area contributed by atoms with Crippen LogP contribution in [0.1, 0.15) is 24.8 Å². The minimum absolute atomic E-state index is 0.0293. The van der Waals surface area contributed by atoms with E-state index in [1.54, 1.807) is 4.90 Å². The molecule has 0 saturated carbocycles. The van der Waals surface area contributed by atoms with Gasteiger partial charge in [-0.3, -0.25) is 4.79 Å². The Bertz CT molecular complexity index is 628. The molecule has 1 aromatic carbocycles. The van der Waals surface area contributed by atoms with Crippen molar-refractivity contribution in [2.45, 2.75) is 32.2 Å². The summed E-state index contributed by atoms with van der Waals surface area (Å²) in [5.41, 5.74) is 1.13. The lowest BCUT2D eigenvalue weighted by atomic mass is 10.0. The minimum Gasteiger partial charge on any atom is -0.484 e. The van der Waals surface area contributed by atoms with Crippen molar-refractivity contribution < 1.29 is 17.9 Å². The summed E-state index contributed by atoms with van der Waals surface area (Å²) in [7, 11) is -3.25. The Morgan fingerprint density at radius 2 is 2.00 bits per heavy atom. The molecule has 1 N–H and O–H groups in total. The van der Waals surface area contributed by atoms with Gasteiger partial charge < -0.3 is 9.64 Å². The van der Waals surface area contributed by atoms with E-state index in [4.69, 9.17) is 4.74 Å². The number of hydrogen-bond donors (Lipinski definition) is 1. The molecule has 128 valence electrons. The van der Waals surface area contributed by atoms with Gasteiger partial charge in [0.1, 0.15) is 5.75 Å². The van der Waals surface area contributed by atoms with Gasteiger partial charge in [0.25, 0.3) is 5.91 Å². The fourth-order valence-electron chi connectivity index (χ4n) is 2.65. The van der Waals surface area contributed by atoms with Gasteiger partial charge in [0.05, 0.1) is 6.26 Å². The summed E-state index contributed by atoms with van der Waals surface area (Å²) in [5.74, 6) is 0.553. The molecule has 1 atom stereocenters. The summed E-state index contributed by atoms with van der Waals surface area (Å²) in [6, 6.07) is 7.43. The largest absolute Gasteiger partial charge is 0.484 e. The van der Waals surface area contributed by atoms with Crippen LogP contribution in [0.5, 0.6) is 5.75 Å². The Kier molecular flexibility index (Phi) is 6.01. The fourth-order valence-corrected chi connectivity index (χ4v) is 3.15. The highest BCUT2D eigenvalue weighted by Gasteiger charge is 2.27. The van der Waals surface area contributed by atoms with E-state index in [0.29, 0.717) is 12.3 Å². The topological polar surface area (TPSA) is 75.7 Å². The van der Waals surface area contributed by atoms with Gasteiger partial charge >= 0.3 is 0 Å². The van der Waals surface area contributed by atoms with E-state index >= 15 is 0 Å². The van der Waals surface area contributed by atoms with Gasteiger partial charge in [-0.25, -0.2) is 13.1 Å². The highest BCUT2D eigenvalue weighted by molar-refractivity contribution is 7.88. The minimum atomic E-state index is -3.25. The van der Waals surface area contributed by atoms with Crippen LogP contribution in [0.4, 0.5) is 0 Å². The SMILES string of the molecule is Cc1ccc(OCC(=O)N2CCCC[C@@H]2CNS(C)(=O)=O)cc1. The molecule has 1 saturated heterocycles. The van der Waals surface area contributed by atoms with E-state index in [2.05, 4.69) is 4.72 Å². The molecule has 23 heavy (non-hydrogen) atoms. The number of hydrogen-bond acceptors (Lipinski definition) is 4. The van der Waals surface area contributed by atoms with Crippen LogP contribution in [0.15, 0.2) is 24.3 Å². The highest BCUT2D eigenvalue weighted by Crippen LogP contribution is 2.18. The average molecular weight is 340 g/mol. The quantitative estimate of drug-likeness (QED) is 0.847. The molecule has 0 bridgehead atoms. The van der Waals surface area contributed by atoms with Crippen LogP contribution in [-0.4, -0.2) is 51.2 Å². The molecule has 0 aromatic heterocycles. The predicted molar refractivity (Wildman–Crippen MR) is 88.9 cm³/mol. The maximum Gasteiger partial charge on any atom is 0.260 e. The lowest BCUT2D eigenvalue weighted by Gasteiger charge is -2.35. The number of carbonyl (C=O) groups excluding carboxylic acids is 1. The van der Waals surface area contributed by atoms with Gasteiger partial charge in [0.15, 0.2) is 6.61 Å². The maximum absolute atomic E-state index is 12.4. The smallest absolute Gasteiger partial charge is 0.260 e. The van der Waals surface area contributed by atoms with Crippen LogP contribution in [0.2, 0.25) is 0 Å². The number of ether oxygens (including phenoxy) is 1. The molecular formula is C16H24N2O4S. The van der Waals surface area contributed by atoms with Crippen LogP contribution < -0.4 is 9.46 Å². The van der Waals surface area contributed by atoms with E-state index in [0.717, 1.165) is 31.1 Å². The lowest BCUT2D eigenvalue weighted by Crippen LogP contribution is -2.50. The van der Waals surface area contributed by atoms with E-state index in [1.807, 2.05) is 31.2 Å². The van der Waals surface area contributed by atoms with Crippen molar-refractivity contribution in [1.29, 1.82) is 0 Å². The third-order valence-electron chi connectivity index (χ3n) is 3.91.